The fraction of sp³-hybridized carbons (Fsp3) is 0. The van der Waals surface area contributed by atoms with Crippen LogP contribution in [0.25, 0.3) is 0 Å². The number of hydrogen-bond acceptors (Lipinski definition) is 3. The van der Waals surface area contributed by atoms with Crippen molar-refractivity contribution in [3.8, 4) is 5.75 Å². The van der Waals surface area contributed by atoms with E-state index in [1.165, 1.54) is 0 Å². The van der Waals surface area contributed by atoms with Crippen molar-refractivity contribution in [2.45, 2.75) is 0 Å². The third kappa shape index (κ3) is 1.80. The van der Waals surface area contributed by atoms with Gasteiger partial charge in [0.1, 0.15) is 10.4 Å². The molecule has 0 atom stereocenters. The van der Waals surface area contributed by atoms with E-state index in [1.807, 2.05) is 0 Å². The van der Waals surface area contributed by atoms with Crippen molar-refractivity contribution < 1.29 is 9.53 Å². The Balaban J connectivity index is 2.84. The predicted octanol–water partition coefficient (Wildman–Crippen LogP) is 1.38. The summed E-state index contributed by atoms with van der Waals surface area (Å²) in [4.78, 5) is 13.7. The van der Waals surface area contributed by atoms with Crippen molar-refractivity contribution in [2.24, 2.45) is 0 Å². The summed E-state index contributed by atoms with van der Waals surface area (Å²) >= 11 is 3.13. The highest BCUT2D eigenvalue weighted by Gasteiger charge is 1.91. The third-order valence-electron chi connectivity index (χ3n) is 0.882. The van der Waals surface area contributed by atoms with Gasteiger partial charge >= 0.3 is 0 Å². The van der Waals surface area contributed by atoms with Crippen LogP contribution >= 0.6 is 15.9 Å². The van der Waals surface area contributed by atoms with Crippen LogP contribution in [0, 0.1) is 0 Å². The maximum atomic E-state index is 9.83. The third-order valence-corrected chi connectivity index (χ3v) is 1.32. The minimum absolute atomic E-state index is 0.377. The lowest BCUT2D eigenvalue weighted by molar-refractivity contribution is -0.120. The minimum atomic E-state index is 0.377. The summed E-state index contributed by atoms with van der Waals surface area (Å²) in [6.07, 6.45) is 1.54. The Morgan fingerprint density at radius 1 is 1.70 bits per heavy atom. The Kier molecular flexibility index (Phi) is 2.39. The summed E-state index contributed by atoms with van der Waals surface area (Å²) in [5.74, 6) is 0.483. The highest BCUT2D eigenvalue weighted by Crippen LogP contribution is 2.13. The zero-order valence-electron chi connectivity index (χ0n) is 4.95. The molecule has 0 aliphatic rings. The molecule has 0 fully saturated rings. The molecule has 0 spiro atoms. The molecular formula is C6H4BrNO2. The smallest absolute Gasteiger partial charge is 0.298 e. The van der Waals surface area contributed by atoms with Gasteiger partial charge in [0.05, 0.1) is 0 Å². The largest absolute Gasteiger partial charge is 0.429 e. The average Bonchev–Trinajstić information content (AvgIpc) is 1.88. The number of rotatable bonds is 2. The molecule has 3 nitrogen and oxygen atoms in total. The van der Waals surface area contributed by atoms with E-state index in [9.17, 15) is 4.79 Å². The van der Waals surface area contributed by atoms with Crippen LogP contribution in [0.5, 0.6) is 5.75 Å². The molecule has 52 valence electrons. The lowest BCUT2D eigenvalue weighted by Crippen LogP contribution is -1.88. The lowest BCUT2D eigenvalue weighted by atomic mass is 10.5. The summed E-state index contributed by atoms with van der Waals surface area (Å²) in [6, 6.07) is 3.20. The second-order valence-electron chi connectivity index (χ2n) is 1.53. The van der Waals surface area contributed by atoms with E-state index in [1.54, 1.807) is 18.3 Å². The molecule has 4 heteroatoms. The standard InChI is InChI=1S/C6H4BrNO2/c7-6-3-5(10-4-9)1-2-8-6/h1-4H. The summed E-state index contributed by atoms with van der Waals surface area (Å²) in [5.41, 5.74) is 0. The van der Waals surface area contributed by atoms with Gasteiger partial charge in [0.15, 0.2) is 0 Å². The Labute approximate surface area is 66.2 Å². The van der Waals surface area contributed by atoms with Crippen LogP contribution in [-0.2, 0) is 4.79 Å². The van der Waals surface area contributed by atoms with Gasteiger partial charge < -0.3 is 4.74 Å². The molecule has 0 aliphatic carbocycles. The molecule has 1 heterocycles. The molecule has 1 rings (SSSR count). The fourth-order valence-corrected chi connectivity index (χ4v) is 0.857. The highest BCUT2D eigenvalue weighted by molar-refractivity contribution is 9.10. The first-order valence-electron chi connectivity index (χ1n) is 2.55. The van der Waals surface area contributed by atoms with E-state index in [0.717, 1.165) is 0 Å². The Morgan fingerprint density at radius 2 is 2.50 bits per heavy atom. The molecule has 0 saturated heterocycles. The number of halogens is 1. The number of ether oxygens (including phenoxy) is 1. The molecule has 0 saturated carbocycles. The Hall–Kier alpha value is -0.900. The number of nitrogens with zero attached hydrogens (tertiary/aromatic N) is 1. The van der Waals surface area contributed by atoms with Crippen LogP contribution in [0.3, 0.4) is 0 Å². The van der Waals surface area contributed by atoms with Gasteiger partial charge in [-0.3, -0.25) is 4.79 Å². The first-order valence-corrected chi connectivity index (χ1v) is 3.34. The van der Waals surface area contributed by atoms with Gasteiger partial charge in [0.25, 0.3) is 6.47 Å². The van der Waals surface area contributed by atoms with Crippen LogP contribution in [0.2, 0.25) is 0 Å². The van der Waals surface area contributed by atoms with Crippen LogP contribution in [0.4, 0.5) is 0 Å². The van der Waals surface area contributed by atoms with E-state index >= 15 is 0 Å². The molecule has 0 aliphatic heterocycles. The van der Waals surface area contributed by atoms with Gasteiger partial charge in [-0.1, -0.05) is 0 Å². The SMILES string of the molecule is O=COc1ccnc(Br)c1. The summed E-state index contributed by atoms with van der Waals surface area (Å²) < 4.78 is 5.18. The first-order chi connectivity index (χ1) is 4.83. The topological polar surface area (TPSA) is 39.2 Å². The maximum absolute atomic E-state index is 9.83. The molecule has 0 radical (unpaired) electrons. The summed E-state index contributed by atoms with van der Waals surface area (Å²) in [7, 11) is 0. The lowest BCUT2D eigenvalue weighted by Gasteiger charge is -1.94. The van der Waals surface area contributed by atoms with E-state index < -0.39 is 0 Å². The van der Waals surface area contributed by atoms with Crippen LogP contribution in [-0.4, -0.2) is 11.5 Å². The van der Waals surface area contributed by atoms with Crippen molar-refractivity contribution in [1.29, 1.82) is 0 Å². The normalized spacial score (nSPS) is 8.90. The van der Waals surface area contributed by atoms with Gasteiger partial charge in [0.2, 0.25) is 0 Å². The predicted molar refractivity (Wildman–Crippen MR) is 38.6 cm³/mol. The van der Waals surface area contributed by atoms with Crippen molar-refractivity contribution in [2.75, 3.05) is 0 Å². The van der Waals surface area contributed by atoms with Crippen molar-refractivity contribution >= 4 is 22.4 Å². The Morgan fingerprint density at radius 3 is 3.10 bits per heavy atom. The minimum Gasteiger partial charge on any atom is -0.429 e. The van der Waals surface area contributed by atoms with Crippen LogP contribution < -0.4 is 4.74 Å². The maximum Gasteiger partial charge on any atom is 0.298 e. The van der Waals surface area contributed by atoms with Crippen LogP contribution in [0.1, 0.15) is 0 Å². The van der Waals surface area contributed by atoms with Crippen LogP contribution in [0.15, 0.2) is 22.9 Å². The fourth-order valence-electron chi connectivity index (χ4n) is 0.514. The molecule has 0 unspecified atom stereocenters. The zero-order valence-corrected chi connectivity index (χ0v) is 6.54. The van der Waals surface area contributed by atoms with Crippen molar-refractivity contribution in [1.82, 2.24) is 4.98 Å². The molecule has 0 bridgehead atoms. The molecule has 0 N–H and O–H groups in total. The summed E-state index contributed by atoms with van der Waals surface area (Å²) in [6.45, 7) is 0.377. The Bertz CT molecular complexity index is 239. The van der Waals surface area contributed by atoms with Gasteiger partial charge in [-0.05, 0) is 22.0 Å². The second-order valence-corrected chi connectivity index (χ2v) is 2.34. The quantitative estimate of drug-likeness (QED) is 0.537. The van der Waals surface area contributed by atoms with E-state index in [4.69, 9.17) is 0 Å². The van der Waals surface area contributed by atoms with Gasteiger partial charge in [0, 0.05) is 12.3 Å². The van der Waals surface area contributed by atoms with Gasteiger partial charge in [-0.15, -0.1) is 0 Å². The molecule has 0 aromatic carbocycles. The number of aromatic nitrogens is 1. The average molecular weight is 202 g/mol. The van der Waals surface area contributed by atoms with E-state index in [0.29, 0.717) is 16.8 Å². The number of carbonyl (C=O) groups excluding carboxylic acids is 1. The first kappa shape index (κ1) is 7.21. The number of hydrogen-bond donors (Lipinski definition) is 0. The molecule has 0 amide bonds. The number of pyridine rings is 1. The highest BCUT2D eigenvalue weighted by atomic mass is 79.9. The summed E-state index contributed by atoms with van der Waals surface area (Å²) in [5, 5.41) is 0. The second kappa shape index (κ2) is 3.31. The molecule has 10 heavy (non-hydrogen) atoms. The molecule has 1 aromatic rings. The number of carbonyl (C=O) groups is 1. The van der Waals surface area contributed by atoms with Gasteiger partial charge in [-0.25, -0.2) is 4.98 Å². The van der Waals surface area contributed by atoms with E-state index in [-0.39, 0.29) is 0 Å². The zero-order chi connectivity index (χ0) is 7.40. The monoisotopic (exact) mass is 201 g/mol. The molecule has 1 aromatic heterocycles. The van der Waals surface area contributed by atoms with Crippen molar-refractivity contribution in [3.05, 3.63) is 22.9 Å². The van der Waals surface area contributed by atoms with Gasteiger partial charge in [-0.2, -0.15) is 0 Å². The van der Waals surface area contributed by atoms with E-state index in [2.05, 4.69) is 25.7 Å². The van der Waals surface area contributed by atoms with Crippen molar-refractivity contribution in [3.63, 3.8) is 0 Å². The molecular weight excluding hydrogens is 198 g/mol.